The molecule has 0 aliphatic carbocycles. The van der Waals surface area contributed by atoms with E-state index in [0.717, 1.165) is 18.5 Å². The van der Waals surface area contributed by atoms with Crippen LogP contribution in [0.25, 0.3) is 0 Å². The van der Waals surface area contributed by atoms with Gasteiger partial charge in [-0.25, -0.2) is 4.79 Å². The maximum atomic E-state index is 13.7. The lowest BCUT2D eigenvalue weighted by molar-refractivity contribution is -0.143. The van der Waals surface area contributed by atoms with Crippen molar-refractivity contribution in [2.24, 2.45) is 4.99 Å². The zero-order valence-electron chi connectivity index (χ0n) is 25.4. The van der Waals surface area contributed by atoms with E-state index in [1.165, 1.54) is 0 Å². The maximum absolute atomic E-state index is 13.7. The number of carboxylic acid groups (broad SMARTS) is 1. The van der Waals surface area contributed by atoms with E-state index >= 15 is 0 Å². The Balaban J connectivity index is 1.50. The number of anilines is 1. The van der Waals surface area contributed by atoms with Gasteiger partial charge in [0.05, 0.1) is 28.6 Å². The molecule has 4 aromatic carbocycles. The zero-order valence-corrected chi connectivity index (χ0v) is 25.4. The van der Waals surface area contributed by atoms with Gasteiger partial charge in [-0.2, -0.15) is 26.3 Å². The molecule has 0 aromatic heterocycles. The Morgan fingerprint density at radius 2 is 1.40 bits per heavy atom. The molecule has 4 aromatic rings. The molecule has 0 spiro atoms. The highest BCUT2D eigenvalue weighted by atomic mass is 19.4. The number of halogens is 6. The topological polar surface area (TPSA) is 82.0 Å². The largest absolute Gasteiger partial charge is 0.480 e. The number of carbonyl (C=O) groups is 2. The molecular weight excluding hydrogens is 636 g/mol. The highest BCUT2D eigenvalue weighted by Crippen LogP contribution is 2.37. The van der Waals surface area contributed by atoms with Crippen LogP contribution < -0.4 is 5.32 Å². The molecule has 1 aliphatic heterocycles. The molecule has 250 valence electrons. The molecule has 0 radical (unpaired) electrons. The Morgan fingerprint density at radius 1 is 0.812 bits per heavy atom. The summed E-state index contributed by atoms with van der Waals surface area (Å²) in [6, 6.07) is 23.4. The Hall–Kier alpha value is -4.97. The molecule has 48 heavy (non-hydrogen) atoms. The van der Waals surface area contributed by atoms with E-state index < -0.39 is 53.5 Å². The number of benzene rings is 4. The molecule has 1 aliphatic rings. The molecule has 1 fully saturated rings. The predicted molar refractivity (Wildman–Crippen MR) is 169 cm³/mol. The van der Waals surface area contributed by atoms with E-state index in [-0.39, 0.29) is 17.7 Å². The van der Waals surface area contributed by atoms with Crippen LogP contribution in [0, 0.1) is 0 Å². The summed E-state index contributed by atoms with van der Waals surface area (Å²) in [4.78, 5) is 32.6. The molecule has 1 heterocycles. The minimum Gasteiger partial charge on any atom is -0.480 e. The quantitative estimate of drug-likeness (QED) is 0.133. The second-order valence-electron chi connectivity index (χ2n) is 11.5. The van der Waals surface area contributed by atoms with Gasteiger partial charge in [-0.05, 0) is 54.8 Å². The number of hydrogen-bond acceptors (Lipinski definition) is 4. The first-order chi connectivity index (χ1) is 22.8. The third-order valence-electron chi connectivity index (χ3n) is 8.03. The van der Waals surface area contributed by atoms with Crippen molar-refractivity contribution in [3.05, 3.63) is 137 Å². The highest BCUT2D eigenvalue weighted by Gasteiger charge is 2.37. The smallest absolute Gasteiger partial charge is 0.416 e. The van der Waals surface area contributed by atoms with Crippen LogP contribution in [-0.2, 0) is 34.9 Å². The number of para-hydroxylation sites is 1. The van der Waals surface area contributed by atoms with E-state index in [1.807, 2.05) is 30.3 Å². The number of rotatable bonds is 10. The summed E-state index contributed by atoms with van der Waals surface area (Å²) in [5.41, 5.74) is -1.38. The summed E-state index contributed by atoms with van der Waals surface area (Å²) in [6.45, 7) is 1.29. The summed E-state index contributed by atoms with van der Waals surface area (Å²) >= 11 is 0. The number of aliphatic carboxylic acids is 1. The van der Waals surface area contributed by atoms with Gasteiger partial charge in [0.25, 0.3) is 0 Å². The van der Waals surface area contributed by atoms with Gasteiger partial charge in [0, 0.05) is 24.1 Å². The maximum Gasteiger partial charge on any atom is 0.416 e. The minimum atomic E-state index is -5.10. The third kappa shape index (κ3) is 8.48. The minimum absolute atomic E-state index is 0.0117. The van der Waals surface area contributed by atoms with Crippen LogP contribution >= 0.6 is 0 Å². The first-order valence-electron chi connectivity index (χ1n) is 15.1. The average Bonchev–Trinajstić information content (AvgIpc) is 3.51. The molecule has 1 saturated heterocycles. The van der Waals surface area contributed by atoms with Crippen molar-refractivity contribution in [3.8, 4) is 0 Å². The normalized spacial score (nSPS) is 16.5. The molecule has 12 heteroatoms. The predicted octanol–water partition coefficient (Wildman–Crippen LogP) is 7.86. The van der Waals surface area contributed by atoms with Crippen molar-refractivity contribution in [1.29, 1.82) is 0 Å². The Labute approximate surface area is 272 Å². The molecule has 0 saturated carbocycles. The molecule has 0 unspecified atom stereocenters. The highest BCUT2D eigenvalue weighted by molar-refractivity contribution is 6.17. The van der Waals surface area contributed by atoms with Crippen LogP contribution in [0.3, 0.4) is 0 Å². The molecule has 6 nitrogen and oxygen atoms in total. The fourth-order valence-electron chi connectivity index (χ4n) is 5.74. The summed E-state index contributed by atoms with van der Waals surface area (Å²) in [7, 11) is 0. The van der Waals surface area contributed by atoms with E-state index in [1.54, 1.807) is 54.6 Å². The summed E-state index contributed by atoms with van der Waals surface area (Å²) in [5.74, 6) is -1.83. The first kappa shape index (κ1) is 34.4. The van der Waals surface area contributed by atoms with Crippen LogP contribution in [-0.4, -0.2) is 46.2 Å². The van der Waals surface area contributed by atoms with Crippen molar-refractivity contribution in [2.75, 3.05) is 11.9 Å². The van der Waals surface area contributed by atoms with Gasteiger partial charge in [0.2, 0.25) is 5.91 Å². The van der Waals surface area contributed by atoms with Crippen molar-refractivity contribution in [3.63, 3.8) is 0 Å². The lowest BCUT2D eigenvalue weighted by Gasteiger charge is -2.24. The second kappa shape index (κ2) is 14.4. The standard InChI is InChI=1S/C36H31F6N3O3/c37-35(38,39)26-18-24(19-27(21-26)36(40,41)42)20-30(34(47)48)43-32(25-12-5-2-6-13-25)28-14-7-8-15-29(28)44-33(46)31-16-9-17-45(31)22-23-10-3-1-4-11-23/h1-8,10-15,18-19,21,30-31H,9,16-17,20,22H2,(H,44,46)(H,47,48)/t30-,31-/m0/s1. The number of likely N-dealkylation sites (tertiary alicyclic amines) is 1. The Morgan fingerprint density at radius 3 is 2.00 bits per heavy atom. The van der Waals surface area contributed by atoms with Crippen LogP contribution in [0.15, 0.2) is 108 Å². The van der Waals surface area contributed by atoms with Gasteiger partial charge in [-0.3, -0.25) is 14.7 Å². The number of alkyl halides is 6. The molecule has 0 bridgehead atoms. The number of carboxylic acids is 1. The van der Waals surface area contributed by atoms with Crippen molar-refractivity contribution < 1.29 is 41.0 Å². The number of nitrogens with zero attached hydrogens (tertiary/aromatic N) is 2. The lowest BCUT2D eigenvalue weighted by Crippen LogP contribution is -2.39. The SMILES string of the molecule is O=C(O)[C@H](Cc1cc(C(F)(F)F)cc(C(F)(F)F)c1)N=C(c1ccccc1)c1ccccc1NC(=O)[C@@H]1CCCN1Cc1ccccc1. The Kier molecular flexibility index (Phi) is 10.3. The fraction of sp³-hybridized carbons (Fsp3) is 0.250. The van der Waals surface area contributed by atoms with Gasteiger partial charge >= 0.3 is 18.3 Å². The number of amides is 1. The second-order valence-corrected chi connectivity index (χ2v) is 11.5. The van der Waals surface area contributed by atoms with E-state index in [2.05, 4.69) is 15.2 Å². The van der Waals surface area contributed by atoms with Gasteiger partial charge in [-0.15, -0.1) is 0 Å². The monoisotopic (exact) mass is 667 g/mol. The number of aliphatic imine (C=N–C) groups is 1. The molecular formula is C36H31F6N3O3. The van der Waals surface area contributed by atoms with Crippen LogP contribution in [0.4, 0.5) is 32.0 Å². The summed E-state index contributed by atoms with van der Waals surface area (Å²) in [6.07, 6.45) is -9.52. The number of carbonyl (C=O) groups excluding carboxylic acids is 1. The molecule has 2 atom stereocenters. The van der Waals surface area contributed by atoms with E-state index in [0.29, 0.717) is 41.9 Å². The molecule has 5 rings (SSSR count). The van der Waals surface area contributed by atoms with E-state index in [9.17, 15) is 41.0 Å². The van der Waals surface area contributed by atoms with Crippen molar-refractivity contribution in [2.45, 2.75) is 50.2 Å². The van der Waals surface area contributed by atoms with Crippen molar-refractivity contribution >= 4 is 23.3 Å². The number of nitrogens with one attached hydrogen (secondary N) is 1. The first-order valence-corrected chi connectivity index (χ1v) is 15.1. The molecule has 1 amide bonds. The number of hydrogen-bond donors (Lipinski definition) is 2. The lowest BCUT2D eigenvalue weighted by atomic mass is 9.97. The summed E-state index contributed by atoms with van der Waals surface area (Å²) in [5, 5.41) is 13.1. The fourth-order valence-corrected chi connectivity index (χ4v) is 5.74. The zero-order chi connectivity index (χ0) is 34.5. The molecule has 2 N–H and O–H groups in total. The third-order valence-corrected chi connectivity index (χ3v) is 8.03. The Bertz CT molecular complexity index is 1740. The van der Waals surface area contributed by atoms with Gasteiger partial charge < -0.3 is 10.4 Å². The van der Waals surface area contributed by atoms with Crippen LogP contribution in [0.1, 0.15) is 46.2 Å². The van der Waals surface area contributed by atoms with Crippen molar-refractivity contribution in [1.82, 2.24) is 4.90 Å². The average molecular weight is 668 g/mol. The summed E-state index contributed by atoms with van der Waals surface area (Å²) < 4.78 is 81.2. The van der Waals surface area contributed by atoms with Gasteiger partial charge in [0.15, 0.2) is 6.04 Å². The van der Waals surface area contributed by atoms with Gasteiger partial charge in [-0.1, -0.05) is 78.9 Å². The van der Waals surface area contributed by atoms with Gasteiger partial charge in [0.1, 0.15) is 0 Å². The van der Waals surface area contributed by atoms with Crippen LogP contribution in [0.2, 0.25) is 0 Å². The van der Waals surface area contributed by atoms with E-state index in [4.69, 9.17) is 0 Å². The van der Waals surface area contributed by atoms with Crippen LogP contribution in [0.5, 0.6) is 0 Å².